The van der Waals surface area contributed by atoms with Crippen LogP contribution >= 0.6 is 11.3 Å². The summed E-state index contributed by atoms with van der Waals surface area (Å²) in [5, 5.41) is 8.39. The van der Waals surface area contributed by atoms with Crippen LogP contribution in [0.4, 0.5) is 0 Å². The van der Waals surface area contributed by atoms with Crippen LogP contribution in [0.2, 0.25) is 0 Å². The lowest BCUT2D eigenvalue weighted by Gasteiger charge is -2.18. The zero-order valence-corrected chi connectivity index (χ0v) is 12.5. The van der Waals surface area contributed by atoms with Gasteiger partial charge in [-0.25, -0.2) is 0 Å². The topological polar surface area (TPSA) is 12.0 Å². The number of hydrogen-bond acceptors (Lipinski definition) is 2. The second-order valence-corrected chi connectivity index (χ2v) is 6.03. The third-order valence-corrected chi connectivity index (χ3v) is 4.51. The predicted octanol–water partition coefficient (Wildman–Crippen LogP) is 4.79. The molecule has 3 rings (SSSR count). The molecule has 0 spiro atoms. The number of fused-ring (bicyclic) bond motifs is 1. The minimum Gasteiger partial charge on any atom is -0.310 e. The lowest BCUT2D eigenvalue weighted by atomic mass is 9.99. The van der Waals surface area contributed by atoms with E-state index in [1.807, 2.05) is 11.3 Å². The van der Waals surface area contributed by atoms with Crippen LogP contribution in [0.1, 0.15) is 23.4 Å². The summed E-state index contributed by atoms with van der Waals surface area (Å²) in [5.74, 6) is 0. The first-order chi connectivity index (χ1) is 9.86. The third-order valence-electron chi connectivity index (χ3n) is 3.61. The number of likely N-dealkylation sites (N-methyl/N-ethyl adjacent to an activating group) is 1. The van der Waals surface area contributed by atoms with Crippen molar-refractivity contribution in [1.29, 1.82) is 0 Å². The van der Waals surface area contributed by atoms with Crippen molar-refractivity contribution in [1.82, 2.24) is 5.32 Å². The quantitative estimate of drug-likeness (QED) is 0.708. The Morgan fingerprint density at radius 3 is 2.60 bits per heavy atom. The van der Waals surface area contributed by atoms with Gasteiger partial charge < -0.3 is 5.32 Å². The second-order valence-electron chi connectivity index (χ2n) is 5.00. The summed E-state index contributed by atoms with van der Waals surface area (Å²) in [7, 11) is 0. The summed E-state index contributed by atoms with van der Waals surface area (Å²) in [6.07, 6.45) is 1.06. The smallest absolute Gasteiger partial charge is 0.0368 e. The molecule has 2 heteroatoms. The molecule has 0 aliphatic heterocycles. The van der Waals surface area contributed by atoms with Crippen LogP contribution in [0.25, 0.3) is 10.8 Å². The molecule has 3 aromatic rings. The molecule has 2 aromatic carbocycles. The number of benzene rings is 2. The Morgan fingerprint density at radius 2 is 1.85 bits per heavy atom. The molecule has 1 aromatic heterocycles. The van der Waals surface area contributed by atoms with E-state index in [1.54, 1.807) is 0 Å². The van der Waals surface area contributed by atoms with Crippen LogP contribution in [0.5, 0.6) is 0 Å². The van der Waals surface area contributed by atoms with Crippen molar-refractivity contribution < 1.29 is 0 Å². The van der Waals surface area contributed by atoms with Crippen molar-refractivity contribution in [2.24, 2.45) is 0 Å². The predicted molar refractivity (Wildman–Crippen MR) is 88.4 cm³/mol. The van der Waals surface area contributed by atoms with Gasteiger partial charge in [0.25, 0.3) is 0 Å². The summed E-state index contributed by atoms with van der Waals surface area (Å²) in [6.45, 7) is 3.16. The van der Waals surface area contributed by atoms with E-state index in [0.717, 1.165) is 13.0 Å². The highest BCUT2D eigenvalue weighted by molar-refractivity contribution is 7.09. The van der Waals surface area contributed by atoms with E-state index < -0.39 is 0 Å². The molecule has 0 saturated heterocycles. The minimum atomic E-state index is 0.392. The zero-order valence-electron chi connectivity index (χ0n) is 11.7. The van der Waals surface area contributed by atoms with Gasteiger partial charge in [-0.15, -0.1) is 11.3 Å². The van der Waals surface area contributed by atoms with Gasteiger partial charge in [0, 0.05) is 17.3 Å². The molecule has 20 heavy (non-hydrogen) atoms. The van der Waals surface area contributed by atoms with Crippen molar-refractivity contribution in [2.45, 2.75) is 19.4 Å². The molecule has 1 heterocycles. The molecule has 0 saturated carbocycles. The van der Waals surface area contributed by atoms with Gasteiger partial charge in [0.2, 0.25) is 0 Å². The fraction of sp³-hybridized carbons (Fsp3) is 0.222. The highest BCUT2D eigenvalue weighted by Crippen LogP contribution is 2.24. The monoisotopic (exact) mass is 281 g/mol. The summed E-state index contributed by atoms with van der Waals surface area (Å²) < 4.78 is 0. The van der Waals surface area contributed by atoms with Crippen LogP contribution in [0, 0.1) is 0 Å². The van der Waals surface area contributed by atoms with E-state index in [2.05, 4.69) is 72.2 Å². The Labute approximate surface area is 124 Å². The van der Waals surface area contributed by atoms with Gasteiger partial charge in [0.05, 0.1) is 0 Å². The molecular formula is C18H19NS. The van der Waals surface area contributed by atoms with E-state index in [1.165, 1.54) is 21.2 Å². The van der Waals surface area contributed by atoms with Crippen LogP contribution in [-0.2, 0) is 6.42 Å². The molecule has 0 bridgehead atoms. The summed E-state index contributed by atoms with van der Waals surface area (Å²) in [5.41, 5.74) is 1.37. The molecule has 1 unspecified atom stereocenters. The number of rotatable bonds is 5. The first kappa shape index (κ1) is 13.3. The average Bonchev–Trinajstić information content (AvgIpc) is 2.99. The molecule has 102 valence electrons. The van der Waals surface area contributed by atoms with Crippen LogP contribution in [-0.4, -0.2) is 6.54 Å². The number of nitrogens with one attached hydrogen (secondary N) is 1. The van der Waals surface area contributed by atoms with Crippen molar-refractivity contribution in [3.05, 3.63) is 70.4 Å². The molecule has 1 atom stereocenters. The van der Waals surface area contributed by atoms with Gasteiger partial charge in [0.15, 0.2) is 0 Å². The van der Waals surface area contributed by atoms with Crippen molar-refractivity contribution in [2.75, 3.05) is 6.54 Å². The molecule has 0 radical (unpaired) electrons. The summed E-state index contributed by atoms with van der Waals surface area (Å²) in [4.78, 5) is 1.43. The van der Waals surface area contributed by atoms with E-state index >= 15 is 0 Å². The van der Waals surface area contributed by atoms with Gasteiger partial charge in [-0.2, -0.15) is 0 Å². The van der Waals surface area contributed by atoms with Crippen LogP contribution < -0.4 is 5.32 Å². The molecule has 1 nitrogen and oxygen atoms in total. The molecule has 0 amide bonds. The molecule has 1 N–H and O–H groups in total. The van der Waals surface area contributed by atoms with E-state index in [0.29, 0.717) is 6.04 Å². The highest BCUT2D eigenvalue weighted by Gasteiger charge is 2.12. The van der Waals surface area contributed by atoms with Gasteiger partial charge in [0.1, 0.15) is 0 Å². The number of thiophene rings is 1. The number of hydrogen-bond donors (Lipinski definition) is 1. The molecular weight excluding hydrogens is 262 g/mol. The fourth-order valence-electron chi connectivity index (χ4n) is 2.61. The Morgan fingerprint density at radius 1 is 1.00 bits per heavy atom. The van der Waals surface area contributed by atoms with Gasteiger partial charge >= 0.3 is 0 Å². The van der Waals surface area contributed by atoms with E-state index in [-0.39, 0.29) is 0 Å². The van der Waals surface area contributed by atoms with Crippen LogP contribution in [0.15, 0.2) is 60.0 Å². The zero-order chi connectivity index (χ0) is 13.8. The maximum Gasteiger partial charge on any atom is 0.0368 e. The van der Waals surface area contributed by atoms with E-state index in [4.69, 9.17) is 0 Å². The lowest BCUT2D eigenvalue weighted by molar-refractivity contribution is 0.554. The minimum absolute atomic E-state index is 0.392. The maximum absolute atomic E-state index is 3.61. The summed E-state index contributed by atoms with van der Waals surface area (Å²) in [6, 6.07) is 20.1. The highest BCUT2D eigenvalue weighted by atomic mass is 32.1. The Bertz CT molecular complexity index is 673. The summed E-state index contributed by atoms with van der Waals surface area (Å²) >= 11 is 1.84. The standard InChI is InChI=1S/C18H19NS/c1-2-19-18(13-17-8-5-11-20-17)16-10-9-14-6-3-4-7-15(14)12-16/h3-12,18-19H,2,13H2,1H3. The first-order valence-corrected chi connectivity index (χ1v) is 7.99. The van der Waals surface area contributed by atoms with Gasteiger partial charge in [-0.3, -0.25) is 0 Å². The van der Waals surface area contributed by atoms with Crippen molar-refractivity contribution in [3.63, 3.8) is 0 Å². The Balaban J connectivity index is 1.91. The first-order valence-electron chi connectivity index (χ1n) is 7.11. The average molecular weight is 281 g/mol. The molecule has 0 aliphatic rings. The van der Waals surface area contributed by atoms with Crippen molar-refractivity contribution >= 4 is 22.1 Å². The van der Waals surface area contributed by atoms with E-state index in [9.17, 15) is 0 Å². The lowest BCUT2D eigenvalue weighted by Crippen LogP contribution is -2.22. The normalized spacial score (nSPS) is 12.7. The Kier molecular flexibility index (Phi) is 4.14. The fourth-order valence-corrected chi connectivity index (χ4v) is 3.36. The SMILES string of the molecule is CCNC(Cc1cccs1)c1ccc2ccccc2c1. The Hall–Kier alpha value is -1.64. The third kappa shape index (κ3) is 2.92. The van der Waals surface area contributed by atoms with Gasteiger partial charge in [-0.1, -0.05) is 49.4 Å². The van der Waals surface area contributed by atoms with Crippen LogP contribution in [0.3, 0.4) is 0 Å². The molecule has 0 fully saturated rings. The largest absolute Gasteiger partial charge is 0.310 e. The maximum atomic E-state index is 3.61. The molecule has 0 aliphatic carbocycles. The van der Waals surface area contributed by atoms with Crippen molar-refractivity contribution in [3.8, 4) is 0 Å². The second kappa shape index (κ2) is 6.21. The van der Waals surface area contributed by atoms with Gasteiger partial charge in [-0.05, 0) is 40.4 Å².